The highest BCUT2D eigenvalue weighted by molar-refractivity contribution is 7.54. The average molecular weight is 218 g/mol. The van der Waals surface area contributed by atoms with E-state index in [0.29, 0.717) is 14.5 Å². The second kappa shape index (κ2) is 4.85. The first-order chi connectivity index (χ1) is 7.38. The van der Waals surface area contributed by atoms with Crippen molar-refractivity contribution < 1.29 is 4.74 Å². The first kappa shape index (κ1) is 10.1. The Kier molecular flexibility index (Phi) is 3.25. The highest BCUT2D eigenvalue weighted by Crippen LogP contribution is 2.09. The Morgan fingerprint density at radius 2 is 1.93 bits per heavy atom. The van der Waals surface area contributed by atoms with Crippen LogP contribution in [0.3, 0.4) is 0 Å². The van der Waals surface area contributed by atoms with Crippen LogP contribution in [0.25, 0.3) is 0 Å². The van der Waals surface area contributed by atoms with Gasteiger partial charge in [-0.1, -0.05) is 30.3 Å². The molecule has 4 heteroatoms. The van der Waals surface area contributed by atoms with E-state index >= 15 is 0 Å². The van der Waals surface area contributed by atoms with Crippen molar-refractivity contribution in [3.8, 4) is 5.88 Å². The summed E-state index contributed by atoms with van der Waals surface area (Å²) in [5.41, 5.74) is 0.806. The third-order valence-electron chi connectivity index (χ3n) is 1.87. The summed E-state index contributed by atoms with van der Waals surface area (Å²) in [5, 5.41) is 1.23. The van der Waals surface area contributed by atoms with Gasteiger partial charge in [0, 0.05) is 12.3 Å². The van der Waals surface area contributed by atoms with E-state index in [1.54, 1.807) is 19.4 Å². The number of ether oxygens (including phenoxy) is 1. The van der Waals surface area contributed by atoms with Crippen LogP contribution in [0.4, 0.5) is 0 Å². The lowest BCUT2D eigenvalue weighted by molar-refractivity contribution is 0.398. The second-order valence-electron chi connectivity index (χ2n) is 2.91. The summed E-state index contributed by atoms with van der Waals surface area (Å²) >= 11 is 0. The molecular formula is C11H11N2OP. The molecule has 0 bridgehead atoms. The molecule has 0 aliphatic rings. The lowest BCUT2D eigenvalue weighted by Crippen LogP contribution is -2.11. The van der Waals surface area contributed by atoms with Gasteiger partial charge < -0.3 is 4.74 Å². The number of nitrogens with zero attached hydrogens (tertiary/aromatic N) is 2. The molecular weight excluding hydrogens is 207 g/mol. The van der Waals surface area contributed by atoms with Gasteiger partial charge in [-0.05, 0) is 13.9 Å². The Hall–Kier alpha value is -1.47. The lowest BCUT2D eigenvalue weighted by Gasteiger charge is -2.02. The predicted octanol–water partition coefficient (Wildman–Crippen LogP) is 1.11. The summed E-state index contributed by atoms with van der Waals surface area (Å²) in [6.07, 6.45) is 1.72. The molecule has 0 aliphatic heterocycles. The van der Waals surface area contributed by atoms with E-state index < -0.39 is 0 Å². The number of hydrogen-bond donors (Lipinski definition) is 0. The molecule has 0 aliphatic carbocycles. The predicted molar refractivity (Wildman–Crippen MR) is 62.6 cm³/mol. The van der Waals surface area contributed by atoms with Crippen molar-refractivity contribution in [2.45, 2.75) is 0 Å². The zero-order chi connectivity index (χ0) is 10.5. The molecule has 3 nitrogen and oxygen atoms in total. The zero-order valence-corrected chi connectivity index (χ0v) is 9.34. The molecule has 1 atom stereocenters. The Labute approximate surface area is 90.3 Å². The summed E-state index contributed by atoms with van der Waals surface area (Å²) in [4.78, 5) is 8.47. The molecule has 15 heavy (non-hydrogen) atoms. The van der Waals surface area contributed by atoms with Crippen LogP contribution in [0.1, 0.15) is 0 Å². The molecule has 1 aromatic heterocycles. The molecule has 0 saturated heterocycles. The molecule has 0 N–H and O–H groups in total. The van der Waals surface area contributed by atoms with Crippen molar-refractivity contribution >= 4 is 19.5 Å². The number of hydrogen-bond acceptors (Lipinski definition) is 3. The normalized spacial score (nSPS) is 10.7. The number of rotatable bonds is 3. The number of methoxy groups -OCH3 is 1. The van der Waals surface area contributed by atoms with Gasteiger partial charge in [-0.3, -0.25) is 0 Å². The van der Waals surface area contributed by atoms with Gasteiger partial charge in [0.05, 0.1) is 7.11 Å². The van der Waals surface area contributed by atoms with E-state index in [0.717, 1.165) is 5.57 Å². The summed E-state index contributed by atoms with van der Waals surface area (Å²) in [7, 11) is 2.08. The molecule has 0 amide bonds. The molecule has 1 aromatic carbocycles. The van der Waals surface area contributed by atoms with Crippen molar-refractivity contribution in [3.05, 3.63) is 42.6 Å². The van der Waals surface area contributed by atoms with Crippen LogP contribution < -0.4 is 15.6 Å². The van der Waals surface area contributed by atoms with Crippen LogP contribution in [0, 0.1) is 0 Å². The topological polar surface area (TPSA) is 35.0 Å². The second-order valence-corrected chi connectivity index (χ2v) is 4.19. The van der Waals surface area contributed by atoms with Gasteiger partial charge in [0.15, 0.2) is 5.57 Å². The maximum atomic E-state index is 5.05. The molecule has 1 unspecified atom stereocenters. The van der Waals surface area contributed by atoms with Crippen molar-refractivity contribution in [3.63, 3.8) is 0 Å². The number of aromatic nitrogens is 2. The first-order valence-electron chi connectivity index (χ1n) is 4.57. The molecule has 1 heterocycles. The van der Waals surface area contributed by atoms with Gasteiger partial charge in [0.2, 0.25) is 5.88 Å². The first-order valence-corrected chi connectivity index (χ1v) is 5.57. The summed E-state index contributed by atoms with van der Waals surface area (Å²) in [5.74, 6) is 0.614. The summed E-state index contributed by atoms with van der Waals surface area (Å²) in [6.45, 7) is 0. The maximum Gasteiger partial charge on any atom is 0.216 e. The lowest BCUT2D eigenvalue weighted by atomic mass is 10.4. The Balaban J connectivity index is 2.17. The van der Waals surface area contributed by atoms with Crippen LogP contribution in [0.15, 0.2) is 42.6 Å². The van der Waals surface area contributed by atoms with Gasteiger partial charge >= 0.3 is 0 Å². The maximum absolute atomic E-state index is 5.05. The van der Waals surface area contributed by atoms with E-state index in [2.05, 4.69) is 22.1 Å². The quantitative estimate of drug-likeness (QED) is 0.724. The highest BCUT2D eigenvalue weighted by atomic mass is 31.1. The minimum atomic E-state index is 0.474. The van der Waals surface area contributed by atoms with Gasteiger partial charge in [0.25, 0.3) is 0 Å². The molecule has 0 saturated carbocycles. The van der Waals surface area contributed by atoms with Gasteiger partial charge in [-0.2, -0.15) is 4.98 Å². The Bertz CT molecular complexity index is 434. The standard InChI is InChI=1S/C11H11N2OP/c1-14-10-7-8-12-11(13-10)15-9-5-3-2-4-6-9/h2-8,15H,1H3. The summed E-state index contributed by atoms with van der Waals surface area (Å²) in [6, 6.07) is 11.9. The van der Waals surface area contributed by atoms with Crippen LogP contribution in [-0.4, -0.2) is 17.1 Å². The smallest absolute Gasteiger partial charge is 0.216 e. The summed E-state index contributed by atoms with van der Waals surface area (Å²) < 4.78 is 5.05. The van der Waals surface area contributed by atoms with E-state index in [4.69, 9.17) is 4.74 Å². The van der Waals surface area contributed by atoms with Crippen LogP contribution in [0.2, 0.25) is 0 Å². The SMILES string of the molecule is COc1ccnc(Pc2ccccc2)n1. The van der Waals surface area contributed by atoms with Crippen molar-refractivity contribution in [2.75, 3.05) is 7.11 Å². The Morgan fingerprint density at radius 1 is 1.13 bits per heavy atom. The fourth-order valence-electron chi connectivity index (χ4n) is 1.17. The van der Waals surface area contributed by atoms with Gasteiger partial charge in [0.1, 0.15) is 0 Å². The minimum absolute atomic E-state index is 0.474. The van der Waals surface area contributed by atoms with Crippen molar-refractivity contribution in [2.24, 2.45) is 0 Å². The van der Waals surface area contributed by atoms with E-state index in [-0.39, 0.29) is 0 Å². The minimum Gasteiger partial charge on any atom is -0.481 e. The fourth-order valence-corrected chi connectivity index (χ4v) is 2.09. The van der Waals surface area contributed by atoms with Crippen molar-refractivity contribution in [1.82, 2.24) is 9.97 Å². The van der Waals surface area contributed by atoms with Crippen LogP contribution in [-0.2, 0) is 0 Å². The van der Waals surface area contributed by atoms with E-state index in [1.807, 2.05) is 18.2 Å². The van der Waals surface area contributed by atoms with E-state index in [9.17, 15) is 0 Å². The van der Waals surface area contributed by atoms with E-state index in [1.165, 1.54) is 5.30 Å². The monoisotopic (exact) mass is 218 g/mol. The molecule has 76 valence electrons. The third-order valence-corrected chi connectivity index (χ3v) is 2.96. The molecule has 2 rings (SSSR count). The average Bonchev–Trinajstić information content (AvgIpc) is 2.31. The van der Waals surface area contributed by atoms with Crippen LogP contribution >= 0.6 is 8.58 Å². The van der Waals surface area contributed by atoms with Crippen LogP contribution in [0.5, 0.6) is 5.88 Å². The largest absolute Gasteiger partial charge is 0.481 e. The highest BCUT2D eigenvalue weighted by Gasteiger charge is 2.00. The molecule has 0 fully saturated rings. The molecule has 2 aromatic rings. The van der Waals surface area contributed by atoms with Gasteiger partial charge in [-0.25, -0.2) is 4.98 Å². The molecule has 0 radical (unpaired) electrons. The Morgan fingerprint density at radius 3 is 2.67 bits per heavy atom. The van der Waals surface area contributed by atoms with Gasteiger partial charge in [-0.15, -0.1) is 0 Å². The molecule has 0 spiro atoms. The third kappa shape index (κ3) is 2.74. The zero-order valence-electron chi connectivity index (χ0n) is 8.34. The fraction of sp³-hybridized carbons (Fsp3) is 0.0909. The van der Waals surface area contributed by atoms with Crippen molar-refractivity contribution in [1.29, 1.82) is 0 Å². The number of benzene rings is 1.